The second-order valence-electron chi connectivity index (χ2n) is 6.85. The first-order chi connectivity index (χ1) is 14.1. The number of fused-ring (bicyclic) bond motifs is 3. The number of aryl methyl sites for hydroxylation is 1. The van der Waals surface area contributed by atoms with E-state index in [4.69, 9.17) is 18.9 Å². The summed E-state index contributed by atoms with van der Waals surface area (Å²) in [6.07, 6.45) is -1.22. The number of amides is 1. The van der Waals surface area contributed by atoms with Crippen LogP contribution in [0.3, 0.4) is 0 Å². The Kier molecular flexibility index (Phi) is 4.43. The number of nitrogens with zero attached hydrogens (tertiary/aromatic N) is 2. The van der Waals surface area contributed by atoms with Gasteiger partial charge in [0, 0.05) is 18.7 Å². The minimum Gasteiger partial charge on any atom is -0.486 e. The van der Waals surface area contributed by atoms with Gasteiger partial charge in [-0.25, -0.2) is 0 Å². The van der Waals surface area contributed by atoms with Gasteiger partial charge in [0.15, 0.2) is 27.8 Å². The van der Waals surface area contributed by atoms with Crippen LogP contribution in [0.1, 0.15) is 13.8 Å². The van der Waals surface area contributed by atoms with Gasteiger partial charge in [0.05, 0.1) is 10.2 Å². The van der Waals surface area contributed by atoms with Crippen LogP contribution in [0.4, 0.5) is 0 Å². The first-order valence-electron chi connectivity index (χ1n) is 9.58. The molecule has 7 nitrogen and oxygen atoms in total. The summed E-state index contributed by atoms with van der Waals surface area (Å²) >= 11 is 1.44. The van der Waals surface area contributed by atoms with Crippen molar-refractivity contribution in [2.45, 2.75) is 32.6 Å². The van der Waals surface area contributed by atoms with Crippen molar-refractivity contribution in [3.05, 3.63) is 41.2 Å². The molecule has 0 spiro atoms. The third-order valence-electron chi connectivity index (χ3n) is 4.95. The van der Waals surface area contributed by atoms with Crippen molar-refractivity contribution in [2.24, 2.45) is 4.99 Å². The molecule has 150 valence electrons. The molecule has 0 N–H and O–H groups in total. The van der Waals surface area contributed by atoms with Gasteiger partial charge in [-0.05, 0) is 26.0 Å². The molecule has 0 saturated carbocycles. The average molecular weight is 412 g/mol. The van der Waals surface area contributed by atoms with Crippen LogP contribution in [0, 0.1) is 0 Å². The molecule has 2 aliphatic heterocycles. The van der Waals surface area contributed by atoms with Crippen LogP contribution in [-0.2, 0) is 11.3 Å². The number of ether oxygens (including phenoxy) is 4. The molecular formula is C21H20N2O5S. The van der Waals surface area contributed by atoms with E-state index in [1.165, 1.54) is 11.3 Å². The molecule has 2 unspecified atom stereocenters. The van der Waals surface area contributed by atoms with Crippen molar-refractivity contribution >= 4 is 27.5 Å². The van der Waals surface area contributed by atoms with Gasteiger partial charge in [-0.15, -0.1) is 0 Å². The first-order valence-corrected chi connectivity index (χ1v) is 10.4. The number of hydrogen-bond donors (Lipinski definition) is 0. The Morgan fingerprint density at radius 3 is 2.52 bits per heavy atom. The van der Waals surface area contributed by atoms with E-state index in [0.717, 1.165) is 21.7 Å². The second kappa shape index (κ2) is 7.11. The molecule has 2 aliphatic rings. The Hall–Kier alpha value is -3.00. The van der Waals surface area contributed by atoms with Crippen molar-refractivity contribution in [1.29, 1.82) is 0 Å². The van der Waals surface area contributed by atoms with Crippen LogP contribution in [0.15, 0.2) is 41.4 Å². The molecule has 29 heavy (non-hydrogen) atoms. The molecule has 0 fully saturated rings. The fourth-order valence-electron chi connectivity index (χ4n) is 3.55. The number of thiazole rings is 1. The van der Waals surface area contributed by atoms with Gasteiger partial charge in [-0.2, -0.15) is 4.99 Å². The van der Waals surface area contributed by atoms with E-state index in [1.807, 2.05) is 48.7 Å². The monoisotopic (exact) mass is 412 g/mol. The number of aromatic nitrogens is 1. The Bertz CT molecular complexity index is 1170. The molecule has 0 radical (unpaired) electrons. The highest BCUT2D eigenvalue weighted by atomic mass is 32.1. The topological polar surface area (TPSA) is 71.3 Å². The van der Waals surface area contributed by atoms with E-state index < -0.39 is 12.2 Å². The van der Waals surface area contributed by atoms with Crippen molar-refractivity contribution in [3.63, 3.8) is 0 Å². The lowest BCUT2D eigenvalue weighted by Gasteiger charge is -2.29. The average Bonchev–Trinajstić information content (AvgIpc) is 3.07. The molecule has 3 heterocycles. The van der Waals surface area contributed by atoms with Crippen molar-refractivity contribution in [2.75, 3.05) is 13.2 Å². The van der Waals surface area contributed by atoms with E-state index in [-0.39, 0.29) is 5.91 Å². The molecule has 2 aromatic carbocycles. The third kappa shape index (κ3) is 3.13. The van der Waals surface area contributed by atoms with Gasteiger partial charge in [0.25, 0.3) is 5.91 Å². The van der Waals surface area contributed by atoms with Gasteiger partial charge in [0.2, 0.25) is 6.10 Å². The molecule has 0 bridgehead atoms. The summed E-state index contributed by atoms with van der Waals surface area (Å²) in [7, 11) is 0. The lowest BCUT2D eigenvalue weighted by atomic mass is 10.1. The van der Waals surface area contributed by atoms with E-state index in [1.54, 1.807) is 6.07 Å². The van der Waals surface area contributed by atoms with Gasteiger partial charge in [0.1, 0.15) is 19.3 Å². The van der Waals surface area contributed by atoms with Crippen LogP contribution in [0.2, 0.25) is 0 Å². The highest BCUT2D eigenvalue weighted by molar-refractivity contribution is 7.16. The summed E-state index contributed by atoms with van der Waals surface area (Å²) < 4.78 is 26.1. The van der Waals surface area contributed by atoms with Crippen LogP contribution in [0.25, 0.3) is 10.2 Å². The Morgan fingerprint density at radius 2 is 1.79 bits per heavy atom. The highest BCUT2D eigenvalue weighted by Gasteiger charge is 2.34. The Morgan fingerprint density at radius 1 is 1.10 bits per heavy atom. The normalized spacial score (nSPS) is 20.7. The van der Waals surface area contributed by atoms with Gasteiger partial charge >= 0.3 is 0 Å². The van der Waals surface area contributed by atoms with Gasteiger partial charge in [-0.3, -0.25) is 4.79 Å². The zero-order valence-corrected chi connectivity index (χ0v) is 16.9. The standard InChI is InChI=1S/C21H20N2O5S/c1-3-23-13-10-16-17(26-9-8-25-16)11-18(13)29-21(23)22-20(24)19-12(2)27-14-6-4-5-7-15(14)28-19/h4-7,10-12,19H,3,8-9H2,1-2H3. The molecule has 0 aliphatic carbocycles. The maximum Gasteiger partial charge on any atom is 0.293 e. The smallest absolute Gasteiger partial charge is 0.293 e. The molecule has 1 aromatic heterocycles. The quantitative estimate of drug-likeness (QED) is 0.647. The fourth-order valence-corrected chi connectivity index (χ4v) is 4.66. The molecule has 5 rings (SSSR count). The SMILES string of the molecule is CCn1c(=NC(=O)C2Oc3ccccc3OC2C)sc2cc3c(cc21)OCCO3. The summed E-state index contributed by atoms with van der Waals surface area (Å²) in [5.41, 5.74) is 0.965. The molecule has 0 saturated heterocycles. The largest absolute Gasteiger partial charge is 0.486 e. The summed E-state index contributed by atoms with van der Waals surface area (Å²) in [4.78, 5) is 18.0. The van der Waals surface area contributed by atoms with Gasteiger partial charge < -0.3 is 23.5 Å². The Labute approximate surface area is 171 Å². The van der Waals surface area contributed by atoms with Crippen LogP contribution < -0.4 is 23.7 Å². The second-order valence-corrected chi connectivity index (χ2v) is 7.86. The minimum absolute atomic E-state index is 0.363. The number of benzene rings is 2. The lowest BCUT2D eigenvalue weighted by molar-refractivity contribution is -0.130. The van der Waals surface area contributed by atoms with Crippen LogP contribution >= 0.6 is 11.3 Å². The maximum absolute atomic E-state index is 13.0. The van der Waals surface area contributed by atoms with Crippen molar-refractivity contribution in [1.82, 2.24) is 4.57 Å². The zero-order chi connectivity index (χ0) is 20.0. The zero-order valence-electron chi connectivity index (χ0n) is 16.1. The number of carbonyl (C=O) groups is 1. The summed E-state index contributed by atoms with van der Waals surface area (Å²) in [5, 5.41) is 0. The Balaban J connectivity index is 1.53. The van der Waals surface area contributed by atoms with Crippen LogP contribution in [-0.4, -0.2) is 35.9 Å². The molecule has 1 amide bonds. The number of rotatable bonds is 2. The predicted octanol–water partition coefficient (Wildman–Crippen LogP) is 3.15. The fraction of sp³-hybridized carbons (Fsp3) is 0.333. The van der Waals surface area contributed by atoms with Crippen molar-refractivity contribution < 1.29 is 23.7 Å². The van der Waals surface area contributed by atoms with E-state index in [2.05, 4.69) is 4.99 Å². The summed E-state index contributed by atoms with van der Waals surface area (Å²) in [5.74, 6) is 2.27. The summed E-state index contributed by atoms with van der Waals surface area (Å²) in [6.45, 7) is 5.57. The lowest BCUT2D eigenvalue weighted by Crippen LogP contribution is -2.43. The van der Waals surface area contributed by atoms with Crippen molar-refractivity contribution in [3.8, 4) is 23.0 Å². The highest BCUT2D eigenvalue weighted by Crippen LogP contribution is 2.36. The third-order valence-corrected chi connectivity index (χ3v) is 6.00. The minimum atomic E-state index is -0.791. The first kappa shape index (κ1) is 18.1. The molecule has 3 aromatic rings. The van der Waals surface area contributed by atoms with Crippen LogP contribution in [0.5, 0.6) is 23.0 Å². The number of hydrogen-bond acceptors (Lipinski definition) is 6. The summed E-state index contributed by atoms with van der Waals surface area (Å²) in [6, 6.07) is 11.2. The van der Waals surface area contributed by atoms with E-state index >= 15 is 0 Å². The molecule has 8 heteroatoms. The van der Waals surface area contributed by atoms with E-state index in [0.29, 0.717) is 36.1 Å². The van der Waals surface area contributed by atoms with E-state index in [9.17, 15) is 4.79 Å². The maximum atomic E-state index is 13.0. The number of carbonyl (C=O) groups excluding carboxylic acids is 1. The predicted molar refractivity (Wildman–Crippen MR) is 108 cm³/mol. The molecule has 2 atom stereocenters. The van der Waals surface area contributed by atoms with Gasteiger partial charge in [-0.1, -0.05) is 23.5 Å². The number of para-hydroxylation sites is 2. The molecular weight excluding hydrogens is 392 g/mol.